The van der Waals surface area contributed by atoms with Gasteiger partial charge in [0.1, 0.15) is 23.3 Å². The number of para-hydroxylation sites is 3. The van der Waals surface area contributed by atoms with Gasteiger partial charge < -0.3 is 9.13 Å². The first-order chi connectivity index (χ1) is 18.7. The van der Waals surface area contributed by atoms with Crippen LogP contribution in [0.1, 0.15) is 30.5 Å². The third kappa shape index (κ3) is 3.88. The van der Waals surface area contributed by atoms with Crippen molar-refractivity contribution in [3.05, 3.63) is 107 Å². The van der Waals surface area contributed by atoms with Crippen LogP contribution in [0.3, 0.4) is 0 Å². The smallest absolute Gasteiger partial charge is 0.140 e. The van der Waals surface area contributed by atoms with Crippen LogP contribution < -0.4 is 0 Å². The number of benzene rings is 4. The predicted octanol–water partition coefficient (Wildman–Crippen LogP) is 7.27. The van der Waals surface area contributed by atoms with Crippen molar-refractivity contribution in [2.24, 2.45) is 14.1 Å². The summed E-state index contributed by atoms with van der Waals surface area (Å²) in [5.41, 5.74) is 5.96. The summed E-state index contributed by atoms with van der Waals surface area (Å²) in [6.45, 7) is 3.82. The van der Waals surface area contributed by atoms with Crippen LogP contribution >= 0.6 is 0 Å². The molecule has 0 radical (unpaired) electrons. The summed E-state index contributed by atoms with van der Waals surface area (Å²) in [4.78, 5) is 9.84. The molecule has 6 aromatic rings. The molecule has 5 nitrogen and oxygen atoms in total. The molecule has 0 unspecified atom stereocenters. The summed E-state index contributed by atoms with van der Waals surface area (Å²) in [5, 5.41) is 9.85. The first-order valence-corrected chi connectivity index (χ1v) is 12.6. The van der Waals surface area contributed by atoms with Crippen LogP contribution in [-0.2, 0) is 19.5 Å². The molecule has 0 spiro atoms. The van der Waals surface area contributed by atoms with Crippen molar-refractivity contribution >= 4 is 22.1 Å². The van der Waals surface area contributed by atoms with Crippen LogP contribution in [0, 0.1) is 23.0 Å². The second kappa shape index (κ2) is 8.88. The minimum atomic E-state index is -0.782. The quantitative estimate of drug-likeness (QED) is 0.247. The molecule has 0 atom stereocenters. The van der Waals surface area contributed by atoms with Crippen LogP contribution in [0.25, 0.3) is 44.8 Å². The topological polar surface area (TPSA) is 59.4 Å². The minimum absolute atomic E-state index is 0.388. The highest BCUT2D eigenvalue weighted by Gasteiger charge is 2.30. The number of hydrogen-bond acceptors (Lipinski definition) is 3. The summed E-state index contributed by atoms with van der Waals surface area (Å²) in [5.74, 6) is 0.216. The Morgan fingerprint density at radius 2 is 1.41 bits per heavy atom. The average molecular weight is 518 g/mol. The summed E-state index contributed by atoms with van der Waals surface area (Å²) in [7, 11) is 3.88. The van der Waals surface area contributed by atoms with Gasteiger partial charge in [-0.3, -0.25) is 0 Å². The van der Waals surface area contributed by atoms with Crippen molar-refractivity contribution in [3.8, 4) is 28.8 Å². The van der Waals surface area contributed by atoms with Gasteiger partial charge in [0.2, 0.25) is 0 Å². The van der Waals surface area contributed by atoms with Crippen molar-refractivity contribution in [2.75, 3.05) is 0 Å². The molecule has 7 heteroatoms. The second-order valence-electron chi connectivity index (χ2n) is 10.3. The molecule has 2 heterocycles. The molecule has 192 valence electrons. The van der Waals surface area contributed by atoms with Gasteiger partial charge in [-0.15, -0.1) is 0 Å². The maximum atomic E-state index is 14.9. The molecule has 0 aliphatic rings. The van der Waals surface area contributed by atoms with Gasteiger partial charge in [-0.25, -0.2) is 18.7 Å². The van der Waals surface area contributed by atoms with E-state index in [1.165, 1.54) is 12.1 Å². The molecule has 0 aliphatic carbocycles. The maximum Gasteiger partial charge on any atom is 0.140 e. The second-order valence-corrected chi connectivity index (χ2v) is 10.3. The number of hydrogen-bond donors (Lipinski definition) is 0. The highest BCUT2D eigenvalue weighted by Crippen LogP contribution is 2.39. The maximum absolute atomic E-state index is 14.9. The van der Waals surface area contributed by atoms with Crippen LogP contribution in [-0.4, -0.2) is 19.1 Å². The Bertz CT molecular complexity index is 1960. The fourth-order valence-electron chi connectivity index (χ4n) is 5.47. The van der Waals surface area contributed by atoms with E-state index in [1.54, 1.807) is 0 Å². The van der Waals surface area contributed by atoms with E-state index in [9.17, 15) is 14.0 Å². The van der Waals surface area contributed by atoms with E-state index < -0.39 is 17.0 Å². The summed E-state index contributed by atoms with van der Waals surface area (Å²) < 4.78 is 32.5. The fourth-order valence-corrected chi connectivity index (χ4v) is 5.47. The number of aromatic nitrogens is 4. The van der Waals surface area contributed by atoms with E-state index in [2.05, 4.69) is 6.07 Å². The Hall–Kier alpha value is -4.83. The number of fused-ring (bicyclic) bond motifs is 2. The third-order valence-electron chi connectivity index (χ3n) is 7.55. The Balaban J connectivity index is 1.54. The van der Waals surface area contributed by atoms with Crippen LogP contribution in [0.15, 0.2) is 78.9 Å². The normalized spacial score (nSPS) is 11.8. The molecular formula is C32H25F2N5. The van der Waals surface area contributed by atoms with Gasteiger partial charge in [0.15, 0.2) is 0 Å². The first-order valence-electron chi connectivity index (χ1n) is 12.6. The van der Waals surface area contributed by atoms with Gasteiger partial charge in [0, 0.05) is 36.7 Å². The number of aryl methyl sites for hydroxylation is 2. The van der Waals surface area contributed by atoms with Crippen LogP contribution in [0.2, 0.25) is 0 Å². The van der Waals surface area contributed by atoms with Gasteiger partial charge in [0.05, 0.1) is 33.7 Å². The van der Waals surface area contributed by atoms with Gasteiger partial charge in [-0.05, 0) is 53.6 Å². The largest absolute Gasteiger partial charge is 0.327 e. The number of halogens is 2. The van der Waals surface area contributed by atoms with E-state index in [0.29, 0.717) is 17.0 Å². The Morgan fingerprint density at radius 1 is 0.744 bits per heavy atom. The summed E-state index contributed by atoms with van der Waals surface area (Å²) >= 11 is 0. The lowest BCUT2D eigenvalue weighted by molar-refractivity contribution is 0.532. The average Bonchev–Trinajstić information content (AvgIpc) is 3.45. The van der Waals surface area contributed by atoms with Gasteiger partial charge >= 0.3 is 0 Å². The number of imidazole rings is 2. The molecule has 39 heavy (non-hydrogen) atoms. The number of rotatable bonds is 4. The lowest BCUT2D eigenvalue weighted by Crippen LogP contribution is -2.21. The zero-order valence-electron chi connectivity index (χ0n) is 22.0. The van der Waals surface area contributed by atoms with Gasteiger partial charge in [0.25, 0.3) is 0 Å². The van der Waals surface area contributed by atoms with E-state index in [1.807, 2.05) is 97.7 Å². The standard InChI is InChI=1S/C32H25F2N5/c1-32(2,23-13-12-22(33)17-25(23)34)24-8-7-11-28-29(24)37-31(39(28)4)21-15-19(18-35)14-20(16-21)30-36-26-9-5-6-10-27(26)38(30)3/h5-17H,1-4H3. The van der Waals surface area contributed by atoms with Crippen molar-refractivity contribution < 1.29 is 8.78 Å². The van der Waals surface area contributed by atoms with E-state index in [0.717, 1.165) is 50.6 Å². The molecule has 2 aromatic heterocycles. The molecule has 6 rings (SSSR count). The fraction of sp³-hybridized carbons (Fsp3) is 0.156. The molecule has 0 bridgehead atoms. The van der Waals surface area contributed by atoms with Crippen LogP contribution in [0.5, 0.6) is 0 Å². The summed E-state index contributed by atoms with van der Waals surface area (Å²) in [6, 6.07) is 25.3. The Kier molecular flexibility index (Phi) is 5.58. The van der Waals surface area contributed by atoms with E-state index >= 15 is 0 Å². The predicted molar refractivity (Wildman–Crippen MR) is 149 cm³/mol. The van der Waals surface area contributed by atoms with Crippen molar-refractivity contribution in [1.29, 1.82) is 5.26 Å². The van der Waals surface area contributed by atoms with E-state index in [-0.39, 0.29) is 0 Å². The van der Waals surface area contributed by atoms with Crippen LogP contribution in [0.4, 0.5) is 8.78 Å². The molecule has 0 N–H and O–H groups in total. The third-order valence-corrected chi connectivity index (χ3v) is 7.55. The minimum Gasteiger partial charge on any atom is -0.327 e. The lowest BCUT2D eigenvalue weighted by Gasteiger charge is -2.27. The van der Waals surface area contributed by atoms with E-state index in [4.69, 9.17) is 9.97 Å². The first kappa shape index (κ1) is 24.5. The zero-order valence-corrected chi connectivity index (χ0v) is 22.0. The molecule has 0 aliphatic heterocycles. The summed E-state index contributed by atoms with van der Waals surface area (Å²) in [6.07, 6.45) is 0. The molecule has 0 amide bonds. The molecule has 4 aromatic carbocycles. The monoisotopic (exact) mass is 517 g/mol. The molecule has 0 saturated carbocycles. The zero-order chi connectivity index (χ0) is 27.5. The number of nitriles is 1. The SMILES string of the molecule is Cn1c(-c2cc(C#N)cc(-c3nc4c(C(C)(C)c5ccc(F)cc5F)cccc4n3C)c2)nc2ccccc21. The molecule has 0 saturated heterocycles. The highest BCUT2D eigenvalue weighted by atomic mass is 19.1. The number of nitrogens with zero attached hydrogens (tertiary/aromatic N) is 5. The molecule has 0 fully saturated rings. The van der Waals surface area contributed by atoms with Crippen molar-refractivity contribution in [3.63, 3.8) is 0 Å². The van der Waals surface area contributed by atoms with Gasteiger partial charge in [-0.1, -0.05) is 44.2 Å². The Morgan fingerprint density at radius 3 is 2.10 bits per heavy atom. The van der Waals surface area contributed by atoms with Crippen molar-refractivity contribution in [2.45, 2.75) is 19.3 Å². The lowest BCUT2D eigenvalue weighted by atomic mass is 9.77. The van der Waals surface area contributed by atoms with Crippen molar-refractivity contribution in [1.82, 2.24) is 19.1 Å². The molecular weight excluding hydrogens is 492 g/mol. The van der Waals surface area contributed by atoms with Gasteiger partial charge in [-0.2, -0.15) is 5.26 Å². The highest BCUT2D eigenvalue weighted by molar-refractivity contribution is 5.86. The Labute approximate surface area is 224 Å².